The van der Waals surface area contributed by atoms with Crippen molar-refractivity contribution in [1.29, 1.82) is 0 Å². The number of para-hydroxylation sites is 1. The molecule has 20 heavy (non-hydrogen) atoms. The number of phenolic OH excluding ortho intramolecular Hbond substituents is 1. The number of carbonyl (C=O) groups is 1. The van der Waals surface area contributed by atoms with E-state index in [1.54, 1.807) is 18.2 Å². The molecule has 3 nitrogen and oxygen atoms in total. The van der Waals surface area contributed by atoms with Gasteiger partial charge in [-0.15, -0.1) is 0 Å². The molecule has 3 atom stereocenters. The van der Waals surface area contributed by atoms with Gasteiger partial charge in [0.25, 0.3) is 0 Å². The number of carbonyl (C=O) groups excluding carboxylic acids is 1. The van der Waals surface area contributed by atoms with Gasteiger partial charge in [-0.05, 0) is 42.7 Å². The first-order valence-electron chi connectivity index (χ1n) is 7.35. The van der Waals surface area contributed by atoms with Crippen LogP contribution < -0.4 is 0 Å². The monoisotopic (exact) mass is 274 g/mol. The smallest absolute Gasteiger partial charge is 0.342 e. The van der Waals surface area contributed by atoms with Crippen LogP contribution in [0.3, 0.4) is 0 Å². The van der Waals surface area contributed by atoms with Crippen LogP contribution in [-0.2, 0) is 4.74 Å². The van der Waals surface area contributed by atoms with Crippen molar-refractivity contribution in [3.8, 4) is 5.75 Å². The van der Waals surface area contributed by atoms with Crippen molar-refractivity contribution >= 4 is 5.97 Å². The number of rotatable bonds is 2. The Hall–Kier alpha value is -1.51. The molecule has 3 unspecified atom stereocenters. The van der Waals surface area contributed by atoms with Gasteiger partial charge in [-0.3, -0.25) is 0 Å². The van der Waals surface area contributed by atoms with E-state index in [9.17, 15) is 9.90 Å². The summed E-state index contributed by atoms with van der Waals surface area (Å²) in [5.41, 5.74) is 0.533. The standard InChI is InChI=1S/C17H22O3/c1-16(2)11-8-9-17(16,3)14(10-11)20-15(19)12-6-4-5-7-13(12)18/h4-7,11,14,18H,8-10H2,1-3H3. The molecule has 2 fully saturated rings. The summed E-state index contributed by atoms with van der Waals surface area (Å²) >= 11 is 0. The third-order valence-electron chi connectivity index (χ3n) is 6.09. The first-order valence-corrected chi connectivity index (χ1v) is 7.35. The molecule has 0 radical (unpaired) electrons. The second-order valence-electron chi connectivity index (χ2n) is 7.02. The predicted octanol–water partition coefficient (Wildman–Crippen LogP) is 3.76. The quantitative estimate of drug-likeness (QED) is 0.835. The molecule has 3 heteroatoms. The minimum absolute atomic E-state index is 0.00919. The highest BCUT2D eigenvalue weighted by atomic mass is 16.5. The third-order valence-corrected chi connectivity index (χ3v) is 6.09. The molecule has 2 saturated carbocycles. The number of esters is 1. The molecule has 0 aliphatic heterocycles. The Balaban J connectivity index is 1.81. The fourth-order valence-electron chi connectivity index (χ4n) is 4.15. The van der Waals surface area contributed by atoms with E-state index < -0.39 is 5.97 Å². The first kappa shape index (κ1) is 13.5. The van der Waals surface area contributed by atoms with Gasteiger partial charge >= 0.3 is 5.97 Å². The Labute approximate surface area is 120 Å². The molecule has 108 valence electrons. The zero-order valence-corrected chi connectivity index (χ0v) is 12.3. The van der Waals surface area contributed by atoms with Crippen LogP contribution in [0.4, 0.5) is 0 Å². The highest BCUT2D eigenvalue weighted by Gasteiger charge is 2.62. The molecule has 2 aliphatic rings. The molecule has 0 aromatic heterocycles. The highest BCUT2D eigenvalue weighted by Crippen LogP contribution is 2.66. The summed E-state index contributed by atoms with van der Waals surface area (Å²) in [6.45, 7) is 6.82. The first-order chi connectivity index (χ1) is 9.36. The Kier molecular flexibility index (Phi) is 2.86. The van der Waals surface area contributed by atoms with Gasteiger partial charge in [0.05, 0.1) is 0 Å². The summed E-state index contributed by atoms with van der Waals surface area (Å²) in [4.78, 5) is 12.3. The lowest BCUT2D eigenvalue weighted by Gasteiger charge is -2.38. The second-order valence-corrected chi connectivity index (χ2v) is 7.02. The Bertz CT molecular complexity index is 549. The van der Waals surface area contributed by atoms with Crippen LogP contribution in [0.25, 0.3) is 0 Å². The lowest BCUT2D eigenvalue weighted by atomic mass is 9.70. The minimum Gasteiger partial charge on any atom is -0.507 e. The molecule has 2 aliphatic carbocycles. The Morgan fingerprint density at radius 1 is 1.30 bits per heavy atom. The predicted molar refractivity (Wildman–Crippen MR) is 76.5 cm³/mol. The molecule has 1 aromatic carbocycles. The zero-order chi connectivity index (χ0) is 14.5. The van der Waals surface area contributed by atoms with Crippen LogP contribution in [0.5, 0.6) is 5.75 Å². The average molecular weight is 274 g/mol. The molecule has 0 heterocycles. The van der Waals surface area contributed by atoms with Gasteiger partial charge in [0, 0.05) is 5.41 Å². The van der Waals surface area contributed by atoms with Crippen LogP contribution in [0.2, 0.25) is 0 Å². The summed E-state index contributed by atoms with van der Waals surface area (Å²) in [5.74, 6) is 0.220. The van der Waals surface area contributed by atoms with Gasteiger partial charge in [0.2, 0.25) is 0 Å². The molecule has 2 bridgehead atoms. The van der Waals surface area contributed by atoms with E-state index in [1.165, 1.54) is 12.5 Å². The maximum absolute atomic E-state index is 12.3. The van der Waals surface area contributed by atoms with Gasteiger partial charge in [0.15, 0.2) is 0 Å². The van der Waals surface area contributed by atoms with Gasteiger partial charge < -0.3 is 9.84 Å². The number of ether oxygens (including phenoxy) is 1. The van der Waals surface area contributed by atoms with E-state index in [-0.39, 0.29) is 28.2 Å². The maximum Gasteiger partial charge on any atom is 0.342 e. The second kappa shape index (κ2) is 4.24. The molecular weight excluding hydrogens is 252 g/mol. The van der Waals surface area contributed by atoms with Crippen molar-refractivity contribution < 1.29 is 14.6 Å². The van der Waals surface area contributed by atoms with Crippen molar-refractivity contribution in [2.24, 2.45) is 16.7 Å². The average Bonchev–Trinajstić information content (AvgIpc) is 2.72. The van der Waals surface area contributed by atoms with Crippen LogP contribution in [0, 0.1) is 16.7 Å². The molecule has 1 N–H and O–H groups in total. The normalized spacial score (nSPS) is 34.1. The summed E-state index contributed by atoms with van der Waals surface area (Å²) in [5, 5.41) is 9.75. The highest BCUT2D eigenvalue weighted by molar-refractivity contribution is 5.92. The van der Waals surface area contributed by atoms with E-state index in [4.69, 9.17) is 4.74 Å². The van der Waals surface area contributed by atoms with Gasteiger partial charge in [0.1, 0.15) is 17.4 Å². The summed E-state index contributed by atoms with van der Waals surface area (Å²) in [6, 6.07) is 6.57. The molecule has 3 rings (SSSR count). The van der Waals surface area contributed by atoms with Gasteiger partial charge in [-0.2, -0.15) is 0 Å². The van der Waals surface area contributed by atoms with Crippen LogP contribution >= 0.6 is 0 Å². The maximum atomic E-state index is 12.3. The summed E-state index contributed by atoms with van der Waals surface area (Å²) in [7, 11) is 0. The largest absolute Gasteiger partial charge is 0.507 e. The van der Waals surface area contributed by atoms with Crippen LogP contribution in [-0.4, -0.2) is 17.2 Å². The van der Waals surface area contributed by atoms with Crippen molar-refractivity contribution in [3.05, 3.63) is 29.8 Å². The van der Waals surface area contributed by atoms with E-state index >= 15 is 0 Å². The van der Waals surface area contributed by atoms with Crippen molar-refractivity contribution in [2.45, 2.75) is 46.1 Å². The van der Waals surface area contributed by atoms with Crippen molar-refractivity contribution in [2.75, 3.05) is 0 Å². The Morgan fingerprint density at radius 3 is 2.55 bits per heavy atom. The van der Waals surface area contributed by atoms with E-state index in [0.717, 1.165) is 12.8 Å². The molecule has 1 aromatic rings. The number of fused-ring (bicyclic) bond motifs is 2. The molecule has 0 amide bonds. The molecule has 0 spiro atoms. The third kappa shape index (κ3) is 1.68. The lowest BCUT2D eigenvalue weighted by Crippen LogP contribution is -2.38. The lowest BCUT2D eigenvalue weighted by molar-refractivity contribution is -0.0244. The van der Waals surface area contributed by atoms with Crippen LogP contribution in [0.15, 0.2) is 24.3 Å². The number of aromatic hydroxyl groups is 1. The van der Waals surface area contributed by atoms with Gasteiger partial charge in [-0.1, -0.05) is 32.9 Å². The number of phenols is 1. The zero-order valence-electron chi connectivity index (χ0n) is 12.3. The summed E-state index contributed by atoms with van der Waals surface area (Å²) < 4.78 is 5.75. The molecular formula is C17H22O3. The van der Waals surface area contributed by atoms with Gasteiger partial charge in [-0.25, -0.2) is 4.79 Å². The fraction of sp³-hybridized carbons (Fsp3) is 0.588. The van der Waals surface area contributed by atoms with E-state index in [1.807, 2.05) is 0 Å². The van der Waals surface area contributed by atoms with E-state index in [2.05, 4.69) is 20.8 Å². The van der Waals surface area contributed by atoms with Crippen LogP contribution in [0.1, 0.15) is 50.4 Å². The van der Waals surface area contributed by atoms with Crippen molar-refractivity contribution in [1.82, 2.24) is 0 Å². The SMILES string of the molecule is CC1(C)C2CCC1(C)C(OC(=O)c1ccccc1O)C2. The Morgan fingerprint density at radius 2 is 2.00 bits per heavy atom. The van der Waals surface area contributed by atoms with Crippen molar-refractivity contribution in [3.63, 3.8) is 0 Å². The fourth-order valence-corrected chi connectivity index (χ4v) is 4.15. The molecule has 0 saturated heterocycles. The number of hydrogen-bond donors (Lipinski definition) is 1. The number of benzene rings is 1. The van der Waals surface area contributed by atoms with E-state index in [0.29, 0.717) is 5.92 Å². The minimum atomic E-state index is -0.405. The number of hydrogen-bond acceptors (Lipinski definition) is 3. The topological polar surface area (TPSA) is 46.5 Å². The summed E-state index contributed by atoms with van der Waals surface area (Å²) in [6.07, 6.45) is 3.25.